The second kappa shape index (κ2) is 8.28. The van der Waals surface area contributed by atoms with Crippen molar-refractivity contribution < 1.29 is 4.79 Å². The lowest BCUT2D eigenvalue weighted by molar-refractivity contribution is 0.0950. The van der Waals surface area contributed by atoms with E-state index >= 15 is 0 Å². The molecule has 0 aliphatic rings. The van der Waals surface area contributed by atoms with Gasteiger partial charge in [0.2, 0.25) is 0 Å². The predicted molar refractivity (Wildman–Crippen MR) is 90.0 cm³/mol. The zero-order valence-electron chi connectivity index (χ0n) is 11.6. The minimum absolute atomic E-state index is 0.212. The summed E-state index contributed by atoms with van der Waals surface area (Å²) in [7, 11) is 0. The lowest BCUT2D eigenvalue weighted by Gasteiger charge is -2.08. The van der Waals surface area contributed by atoms with Crippen LogP contribution in [0.25, 0.3) is 0 Å². The van der Waals surface area contributed by atoms with E-state index in [1.54, 1.807) is 11.4 Å². The number of thiazole rings is 1. The van der Waals surface area contributed by atoms with Crippen molar-refractivity contribution in [3.05, 3.63) is 38.4 Å². The molecule has 9 heteroatoms. The van der Waals surface area contributed by atoms with Crippen LogP contribution in [-0.4, -0.2) is 35.5 Å². The van der Waals surface area contributed by atoms with Crippen LogP contribution in [0.4, 0.5) is 5.82 Å². The third kappa shape index (κ3) is 4.81. The number of aromatic nitrogens is 2. The minimum atomic E-state index is -0.212. The summed E-state index contributed by atoms with van der Waals surface area (Å²) in [4.78, 5) is 20.2. The molecule has 22 heavy (non-hydrogen) atoms. The van der Waals surface area contributed by atoms with Crippen LogP contribution < -0.4 is 16.4 Å². The molecule has 0 bridgehead atoms. The molecule has 0 aromatic carbocycles. The molecule has 0 unspecified atom stereocenters. The van der Waals surface area contributed by atoms with Crippen molar-refractivity contribution in [1.29, 1.82) is 0 Å². The number of anilines is 1. The van der Waals surface area contributed by atoms with E-state index < -0.39 is 0 Å². The van der Waals surface area contributed by atoms with Crippen molar-refractivity contribution in [3.8, 4) is 0 Å². The maximum Gasteiger partial charge on any atom is 0.270 e. The molecule has 0 fully saturated rings. The van der Waals surface area contributed by atoms with Crippen LogP contribution in [0, 0.1) is 0 Å². The van der Waals surface area contributed by atoms with Gasteiger partial charge in [0.05, 0.1) is 15.1 Å². The van der Waals surface area contributed by atoms with Gasteiger partial charge in [0.1, 0.15) is 11.5 Å². The van der Waals surface area contributed by atoms with Gasteiger partial charge >= 0.3 is 0 Å². The number of nitrogens with two attached hydrogens (primary N) is 1. The topological polar surface area (TPSA) is 92.9 Å². The van der Waals surface area contributed by atoms with E-state index in [4.69, 9.17) is 28.9 Å². The summed E-state index contributed by atoms with van der Waals surface area (Å²) >= 11 is 13.2. The molecule has 2 heterocycles. The van der Waals surface area contributed by atoms with Crippen molar-refractivity contribution in [2.24, 2.45) is 5.73 Å². The molecule has 0 aliphatic carbocycles. The second-order valence-electron chi connectivity index (χ2n) is 4.33. The van der Waals surface area contributed by atoms with E-state index in [1.807, 2.05) is 0 Å². The van der Waals surface area contributed by atoms with E-state index in [0.29, 0.717) is 47.6 Å². The van der Waals surface area contributed by atoms with Gasteiger partial charge in [-0.1, -0.05) is 23.2 Å². The molecular formula is C13H15Cl2N5OS. The average molecular weight is 360 g/mol. The van der Waals surface area contributed by atoms with Crippen LogP contribution in [-0.2, 0) is 6.42 Å². The third-order valence-electron chi connectivity index (χ3n) is 2.65. The fourth-order valence-electron chi connectivity index (χ4n) is 1.65. The minimum Gasteiger partial charge on any atom is -0.367 e. The number of hydrogen-bond acceptors (Lipinski definition) is 6. The van der Waals surface area contributed by atoms with Crippen LogP contribution >= 0.6 is 34.5 Å². The Morgan fingerprint density at radius 3 is 2.91 bits per heavy atom. The molecular weight excluding hydrogens is 345 g/mol. The van der Waals surface area contributed by atoms with Crippen molar-refractivity contribution in [3.63, 3.8) is 0 Å². The van der Waals surface area contributed by atoms with Crippen LogP contribution in [0.3, 0.4) is 0 Å². The molecule has 118 valence electrons. The summed E-state index contributed by atoms with van der Waals surface area (Å²) in [5.41, 5.74) is 5.87. The standard InChI is InChI=1S/C13H15Cl2N5OS/c14-8-5-9(15)12(19-6-8)17-3-4-18-13(21)10-7-22-11(20-10)1-2-16/h5-7H,1-4,16H2,(H,17,19)(H,18,21). The first kappa shape index (κ1) is 17.0. The van der Waals surface area contributed by atoms with E-state index in [9.17, 15) is 4.79 Å². The zero-order chi connectivity index (χ0) is 15.9. The lowest BCUT2D eigenvalue weighted by atomic mass is 10.4. The first-order valence-corrected chi connectivity index (χ1v) is 8.21. The molecule has 0 saturated heterocycles. The SMILES string of the molecule is NCCc1nc(C(=O)NCCNc2ncc(Cl)cc2Cl)cs1. The average Bonchev–Trinajstić information content (AvgIpc) is 2.94. The molecule has 4 N–H and O–H groups in total. The van der Waals surface area contributed by atoms with Crippen LogP contribution in [0.1, 0.15) is 15.5 Å². The summed E-state index contributed by atoms with van der Waals surface area (Å²) in [6.45, 7) is 1.43. The number of carbonyl (C=O) groups is 1. The number of carbonyl (C=O) groups excluding carboxylic acids is 1. The predicted octanol–water partition coefficient (Wildman–Crippen LogP) is 2.19. The molecule has 2 rings (SSSR count). The van der Waals surface area contributed by atoms with E-state index in [2.05, 4.69) is 20.6 Å². The Labute approximate surface area is 142 Å². The van der Waals surface area contributed by atoms with Crippen LogP contribution in [0.15, 0.2) is 17.6 Å². The first-order chi connectivity index (χ1) is 10.6. The van der Waals surface area contributed by atoms with Gasteiger partial charge in [0.25, 0.3) is 5.91 Å². The molecule has 1 amide bonds. The number of amides is 1. The van der Waals surface area contributed by atoms with Gasteiger partial charge in [0.15, 0.2) is 0 Å². The van der Waals surface area contributed by atoms with Crippen LogP contribution in [0.2, 0.25) is 10.0 Å². The van der Waals surface area contributed by atoms with E-state index in [-0.39, 0.29) is 5.91 Å². The number of rotatable bonds is 7. The largest absolute Gasteiger partial charge is 0.367 e. The number of pyridine rings is 1. The third-order valence-corrected chi connectivity index (χ3v) is 4.06. The molecule has 0 saturated carbocycles. The van der Waals surface area contributed by atoms with Gasteiger partial charge in [-0.25, -0.2) is 9.97 Å². The molecule has 2 aromatic heterocycles. The fraction of sp³-hybridized carbons (Fsp3) is 0.308. The monoisotopic (exact) mass is 359 g/mol. The summed E-state index contributed by atoms with van der Waals surface area (Å²) in [6.07, 6.45) is 2.18. The second-order valence-corrected chi connectivity index (χ2v) is 6.12. The van der Waals surface area contributed by atoms with Gasteiger partial charge < -0.3 is 16.4 Å². The molecule has 0 radical (unpaired) electrons. The number of nitrogens with one attached hydrogen (secondary N) is 2. The molecule has 0 atom stereocenters. The Kier molecular flexibility index (Phi) is 6.38. The number of nitrogens with zero attached hydrogens (tertiary/aromatic N) is 2. The van der Waals surface area contributed by atoms with Gasteiger partial charge in [-0.15, -0.1) is 11.3 Å². The highest BCUT2D eigenvalue weighted by molar-refractivity contribution is 7.09. The van der Waals surface area contributed by atoms with Gasteiger partial charge in [0, 0.05) is 31.1 Å². The van der Waals surface area contributed by atoms with E-state index in [0.717, 1.165) is 5.01 Å². The quantitative estimate of drug-likeness (QED) is 0.658. The molecule has 2 aromatic rings. The fourth-order valence-corrected chi connectivity index (χ4v) is 2.89. The van der Waals surface area contributed by atoms with E-state index in [1.165, 1.54) is 17.5 Å². The van der Waals surface area contributed by atoms with Crippen LogP contribution in [0.5, 0.6) is 0 Å². The molecule has 6 nitrogen and oxygen atoms in total. The highest BCUT2D eigenvalue weighted by atomic mass is 35.5. The van der Waals surface area contributed by atoms with Gasteiger partial charge in [-0.3, -0.25) is 4.79 Å². The smallest absolute Gasteiger partial charge is 0.270 e. The highest BCUT2D eigenvalue weighted by Gasteiger charge is 2.10. The Bertz CT molecular complexity index is 649. The summed E-state index contributed by atoms with van der Waals surface area (Å²) in [5, 5.41) is 9.29. The highest BCUT2D eigenvalue weighted by Crippen LogP contribution is 2.22. The Hall–Kier alpha value is -1.41. The van der Waals surface area contributed by atoms with Crippen molar-refractivity contribution in [2.45, 2.75) is 6.42 Å². The molecule has 0 spiro atoms. The van der Waals surface area contributed by atoms with Crippen molar-refractivity contribution >= 4 is 46.3 Å². The summed E-state index contributed by atoms with van der Waals surface area (Å²) in [6, 6.07) is 1.60. The van der Waals surface area contributed by atoms with Gasteiger partial charge in [-0.2, -0.15) is 0 Å². The first-order valence-electron chi connectivity index (χ1n) is 6.57. The number of hydrogen-bond donors (Lipinski definition) is 3. The van der Waals surface area contributed by atoms with Crippen molar-refractivity contribution in [1.82, 2.24) is 15.3 Å². The lowest BCUT2D eigenvalue weighted by Crippen LogP contribution is -2.29. The molecule has 0 aliphatic heterocycles. The summed E-state index contributed by atoms with van der Waals surface area (Å²) < 4.78 is 0. The zero-order valence-corrected chi connectivity index (χ0v) is 13.9. The Balaban J connectivity index is 1.76. The normalized spacial score (nSPS) is 10.5. The Morgan fingerprint density at radius 2 is 2.18 bits per heavy atom. The maximum absolute atomic E-state index is 11.9. The van der Waals surface area contributed by atoms with Crippen molar-refractivity contribution in [2.75, 3.05) is 25.0 Å². The Morgan fingerprint density at radius 1 is 1.36 bits per heavy atom. The maximum atomic E-state index is 11.9. The number of halogens is 2. The van der Waals surface area contributed by atoms with Gasteiger partial charge in [-0.05, 0) is 12.6 Å². The summed E-state index contributed by atoms with van der Waals surface area (Å²) in [5.74, 6) is 0.315.